The van der Waals surface area contributed by atoms with Crippen molar-refractivity contribution in [2.75, 3.05) is 6.61 Å². The molecule has 2 nitrogen and oxygen atoms in total. The fraction of sp³-hybridized carbons (Fsp3) is 0.571. The summed E-state index contributed by atoms with van der Waals surface area (Å²) < 4.78 is 0. The van der Waals surface area contributed by atoms with Gasteiger partial charge in [-0.15, -0.1) is 0 Å². The molecule has 0 bridgehead atoms. The smallest absolute Gasteiger partial charge is 0.0471 e. The van der Waals surface area contributed by atoms with Gasteiger partial charge in [0.05, 0.1) is 0 Å². The quantitative estimate of drug-likeness (QED) is 0.818. The van der Waals surface area contributed by atoms with Crippen LogP contribution >= 0.6 is 0 Å². The van der Waals surface area contributed by atoms with Gasteiger partial charge < -0.3 is 10.8 Å². The third-order valence-corrected chi connectivity index (χ3v) is 3.57. The van der Waals surface area contributed by atoms with E-state index in [0.717, 1.165) is 12.8 Å². The minimum Gasteiger partial charge on any atom is -0.396 e. The van der Waals surface area contributed by atoms with Gasteiger partial charge in [-0.2, -0.15) is 0 Å². The van der Waals surface area contributed by atoms with Crippen molar-refractivity contribution in [2.24, 2.45) is 5.73 Å². The maximum atomic E-state index is 8.86. The number of benzene rings is 1. The fourth-order valence-electron chi connectivity index (χ4n) is 2.62. The molecule has 2 atom stereocenters. The Hall–Kier alpha value is -0.860. The first-order valence-corrected chi connectivity index (χ1v) is 6.25. The topological polar surface area (TPSA) is 46.2 Å². The summed E-state index contributed by atoms with van der Waals surface area (Å²) in [4.78, 5) is 0. The van der Waals surface area contributed by atoms with Crippen LogP contribution in [-0.2, 0) is 6.42 Å². The van der Waals surface area contributed by atoms with Crippen molar-refractivity contribution in [3.63, 3.8) is 0 Å². The van der Waals surface area contributed by atoms with E-state index >= 15 is 0 Å². The lowest BCUT2D eigenvalue weighted by molar-refractivity contribution is 0.299. The van der Waals surface area contributed by atoms with Crippen LogP contribution in [0.3, 0.4) is 0 Å². The van der Waals surface area contributed by atoms with Crippen LogP contribution in [0, 0.1) is 0 Å². The van der Waals surface area contributed by atoms with Crippen LogP contribution in [0.15, 0.2) is 24.3 Å². The average Bonchev–Trinajstić information content (AvgIpc) is 2.30. The van der Waals surface area contributed by atoms with Crippen molar-refractivity contribution >= 4 is 0 Å². The second-order valence-corrected chi connectivity index (χ2v) is 4.84. The Morgan fingerprint density at radius 1 is 1.19 bits per heavy atom. The maximum Gasteiger partial charge on any atom is 0.0471 e. The second kappa shape index (κ2) is 5.46. The molecule has 1 fully saturated rings. The monoisotopic (exact) mass is 219 g/mol. The van der Waals surface area contributed by atoms with Crippen molar-refractivity contribution in [1.29, 1.82) is 0 Å². The molecule has 2 rings (SSSR count). The predicted octanol–water partition coefficient (Wildman–Crippen LogP) is 2.21. The minimum atomic E-state index is 0.230. The van der Waals surface area contributed by atoms with Gasteiger partial charge in [-0.1, -0.05) is 30.7 Å². The maximum absolute atomic E-state index is 8.86. The molecule has 0 aliphatic heterocycles. The molecule has 1 aromatic carbocycles. The van der Waals surface area contributed by atoms with E-state index in [1.54, 1.807) is 0 Å². The van der Waals surface area contributed by atoms with Crippen molar-refractivity contribution in [3.05, 3.63) is 35.4 Å². The third-order valence-electron chi connectivity index (χ3n) is 3.57. The molecule has 1 aliphatic carbocycles. The summed E-state index contributed by atoms with van der Waals surface area (Å²) >= 11 is 0. The zero-order chi connectivity index (χ0) is 11.4. The van der Waals surface area contributed by atoms with Gasteiger partial charge in [0, 0.05) is 12.6 Å². The van der Waals surface area contributed by atoms with Gasteiger partial charge in [0.15, 0.2) is 0 Å². The summed E-state index contributed by atoms with van der Waals surface area (Å²) in [6.07, 6.45) is 5.58. The van der Waals surface area contributed by atoms with Crippen LogP contribution in [0.1, 0.15) is 42.7 Å². The normalized spacial score (nSPS) is 25.6. The lowest BCUT2D eigenvalue weighted by Gasteiger charge is -2.27. The number of hydrogen-bond donors (Lipinski definition) is 2. The summed E-state index contributed by atoms with van der Waals surface area (Å²) in [6, 6.07) is 9.05. The number of hydrogen-bond acceptors (Lipinski definition) is 2. The lowest BCUT2D eigenvalue weighted by Crippen LogP contribution is -2.26. The molecule has 0 spiro atoms. The number of aliphatic hydroxyl groups excluding tert-OH is 1. The van der Waals surface area contributed by atoms with Crippen molar-refractivity contribution < 1.29 is 5.11 Å². The lowest BCUT2D eigenvalue weighted by atomic mass is 9.81. The first-order valence-electron chi connectivity index (χ1n) is 6.25. The highest BCUT2D eigenvalue weighted by Gasteiger charge is 2.20. The number of nitrogens with two attached hydrogens (primary N) is 1. The van der Waals surface area contributed by atoms with Crippen molar-refractivity contribution in [2.45, 2.75) is 44.1 Å². The first kappa shape index (κ1) is 11.6. The van der Waals surface area contributed by atoms with E-state index in [4.69, 9.17) is 10.8 Å². The van der Waals surface area contributed by atoms with Crippen LogP contribution in [0.2, 0.25) is 0 Å². The molecule has 0 saturated heterocycles. The largest absolute Gasteiger partial charge is 0.396 e. The van der Waals surface area contributed by atoms with Crippen LogP contribution in [-0.4, -0.2) is 17.8 Å². The Kier molecular flexibility index (Phi) is 3.97. The van der Waals surface area contributed by atoms with Gasteiger partial charge in [0.2, 0.25) is 0 Å². The van der Waals surface area contributed by atoms with Crippen LogP contribution < -0.4 is 5.73 Å². The molecule has 0 radical (unpaired) electrons. The highest BCUT2D eigenvalue weighted by Crippen LogP contribution is 2.32. The molecule has 0 unspecified atom stereocenters. The van der Waals surface area contributed by atoms with Crippen LogP contribution in [0.4, 0.5) is 0 Å². The van der Waals surface area contributed by atoms with Gasteiger partial charge in [-0.3, -0.25) is 0 Å². The van der Waals surface area contributed by atoms with E-state index in [1.165, 1.54) is 30.4 Å². The predicted molar refractivity (Wildman–Crippen MR) is 66.4 cm³/mol. The first-order chi connectivity index (χ1) is 7.79. The molecule has 1 saturated carbocycles. The summed E-state index contributed by atoms with van der Waals surface area (Å²) in [5.74, 6) is 0.645. The highest BCUT2D eigenvalue weighted by atomic mass is 16.2. The molecular weight excluding hydrogens is 198 g/mol. The van der Waals surface area contributed by atoms with Gasteiger partial charge in [-0.25, -0.2) is 0 Å². The van der Waals surface area contributed by atoms with Crippen molar-refractivity contribution in [1.82, 2.24) is 0 Å². The molecule has 0 aromatic heterocycles. The van der Waals surface area contributed by atoms with Crippen LogP contribution in [0.25, 0.3) is 0 Å². The van der Waals surface area contributed by atoms with E-state index < -0.39 is 0 Å². The van der Waals surface area contributed by atoms with E-state index in [9.17, 15) is 0 Å². The second-order valence-electron chi connectivity index (χ2n) is 4.84. The fourth-order valence-corrected chi connectivity index (χ4v) is 2.62. The van der Waals surface area contributed by atoms with Gasteiger partial charge >= 0.3 is 0 Å². The Bertz CT molecular complexity index is 320. The van der Waals surface area contributed by atoms with Crippen LogP contribution in [0.5, 0.6) is 0 Å². The van der Waals surface area contributed by atoms with Gasteiger partial charge in [0.25, 0.3) is 0 Å². The van der Waals surface area contributed by atoms with E-state index in [2.05, 4.69) is 24.3 Å². The molecule has 1 aromatic rings. The van der Waals surface area contributed by atoms with E-state index in [0.29, 0.717) is 12.0 Å². The Morgan fingerprint density at radius 2 is 1.94 bits per heavy atom. The van der Waals surface area contributed by atoms with Gasteiger partial charge in [-0.05, 0) is 42.7 Å². The molecule has 16 heavy (non-hydrogen) atoms. The Balaban J connectivity index is 2.03. The van der Waals surface area contributed by atoms with Crippen molar-refractivity contribution in [3.8, 4) is 0 Å². The molecule has 1 aliphatic rings. The summed E-state index contributed by atoms with van der Waals surface area (Å²) in [5.41, 5.74) is 8.63. The molecule has 88 valence electrons. The standard InChI is InChI=1S/C14H21NO/c15-14-3-1-2-13(10-14)12-6-4-11(5-7-12)8-9-16/h4-7,13-14,16H,1-3,8-10,15H2/t13-,14-/m1/s1. The summed E-state index contributed by atoms with van der Waals surface area (Å²) in [6.45, 7) is 0.230. The van der Waals surface area contributed by atoms with E-state index in [1.807, 2.05) is 0 Å². The molecule has 0 amide bonds. The summed E-state index contributed by atoms with van der Waals surface area (Å²) in [7, 11) is 0. The molecular formula is C14H21NO. The SMILES string of the molecule is N[C@@H]1CCC[C@@H](c2ccc(CCO)cc2)C1. The number of aliphatic hydroxyl groups is 1. The molecule has 3 N–H and O–H groups in total. The zero-order valence-electron chi connectivity index (χ0n) is 9.73. The molecule has 0 heterocycles. The highest BCUT2D eigenvalue weighted by molar-refractivity contribution is 5.26. The molecule has 2 heteroatoms. The van der Waals surface area contributed by atoms with E-state index in [-0.39, 0.29) is 6.61 Å². The zero-order valence-corrected chi connectivity index (χ0v) is 9.73. The number of rotatable bonds is 3. The summed E-state index contributed by atoms with van der Waals surface area (Å²) in [5, 5.41) is 8.86. The Labute approximate surface area is 97.5 Å². The Morgan fingerprint density at radius 3 is 2.56 bits per heavy atom. The average molecular weight is 219 g/mol. The minimum absolute atomic E-state index is 0.230. The van der Waals surface area contributed by atoms with Gasteiger partial charge in [0.1, 0.15) is 0 Å². The third kappa shape index (κ3) is 2.83.